The van der Waals surface area contributed by atoms with Crippen LogP contribution in [0.5, 0.6) is 0 Å². The molecule has 0 spiro atoms. The van der Waals surface area contributed by atoms with Gasteiger partial charge in [-0.1, -0.05) is 24.9 Å². The molecule has 2 heteroatoms. The van der Waals surface area contributed by atoms with Gasteiger partial charge in [-0.15, -0.1) is 0 Å². The Morgan fingerprint density at radius 3 is 2.93 bits per heavy atom. The molecule has 2 fully saturated rings. The van der Waals surface area contributed by atoms with Gasteiger partial charge >= 0.3 is 0 Å². The van der Waals surface area contributed by atoms with Crippen molar-refractivity contribution < 1.29 is 0 Å². The van der Waals surface area contributed by atoms with Crippen molar-refractivity contribution in [3.63, 3.8) is 0 Å². The van der Waals surface area contributed by atoms with Crippen molar-refractivity contribution in [2.45, 2.75) is 51.6 Å². The summed E-state index contributed by atoms with van der Waals surface area (Å²) in [7, 11) is 0. The average molecular weight is 214 g/mol. The molecule has 0 amide bonds. The largest absolute Gasteiger partial charge is 0.293 e. The first-order valence-corrected chi connectivity index (χ1v) is 6.26. The molecule has 14 heavy (non-hydrogen) atoms. The van der Waals surface area contributed by atoms with Crippen LogP contribution in [0.3, 0.4) is 0 Å². The van der Waals surface area contributed by atoms with Crippen LogP contribution in [-0.2, 0) is 0 Å². The van der Waals surface area contributed by atoms with Crippen LogP contribution < -0.4 is 0 Å². The van der Waals surface area contributed by atoms with Crippen LogP contribution in [0.2, 0.25) is 0 Å². The van der Waals surface area contributed by atoms with Crippen molar-refractivity contribution in [1.29, 1.82) is 0 Å². The van der Waals surface area contributed by atoms with E-state index in [1.54, 1.807) is 0 Å². The van der Waals surface area contributed by atoms with Crippen molar-refractivity contribution >= 4 is 11.6 Å². The van der Waals surface area contributed by atoms with Gasteiger partial charge in [-0.3, -0.25) is 4.90 Å². The van der Waals surface area contributed by atoms with Gasteiger partial charge in [0.2, 0.25) is 0 Å². The number of hydrogen-bond acceptors (Lipinski definition) is 1. The van der Waals surface area contributed by atoms with Crippen molar-refractivity contribution in [3.05, 3.63) is 11.1 Å². The Morgan fingerprint density at radius 2 is 2.29 bits per heavy atom. The molecular formula is C12H20ClN. The van der Waals surface area contributed by atoms with Gasteiger partial charge in [-0.2, -0.15) is 0 Å². The zero-order chi connectivity index (χ0) is 10.1. The van der Waals surface area contributed by atoms with E-state index in [1.807, 2.05) is 5.54 Å². The highest BCUT2D eigenvalue weighted by molar-refractivity contribution is 6.25. The highest BCUT2D eigenvalue weighted by atomic mass is 35.5. The zero-order valence-corrected chi connectivity index (χ0v) is 9.93. The third-order valence-corrected chi connectivity index (χ3v) is 4.20. The Balaban J connectivity index is 2.13. The zero-order valence-electron chi connectivity index (χ0n) is 9.17. The summed E-state index contributed by atoms with van der Waals surface area (Å²) in [5, 5.41) is 0. The van der Waals surface area contributed by atoms with Crippen molar-refractivity contribution in [2.75, 3.05) is 6.54 Å². The minimum Gasteiger partial charge on any atom is -0.293 e. The Hall–Kier alpha value is -0.0100. The van der Waals surface area contributed by atoms with E-state index in [0.29, 0.717) is 0 Å². The van der Waals surface area contributed by atoms with Gasteiger partial charge in [-0.25, -0.2) is 0 Å². The summed E-state index contributed by atoms with van der Waals surface area (Å²) < 4.78 is 0. The third kappa shape index (κ3) is 1.61. The Bertz CT molecular complexity index is 236. The molecule has 80 valence electrons. The lowest BCUT2D eigenvalue weighted by atomic mass is 9.90. The Kier molecular flexibility index (Phi) is 3.18. The van der Waals surface area contributed by atoms with Crippen molar-refractivity contribution in [2.24, 2.45) is 5.92 Å². The molecule has 2 aliphatic heterocycles. The lowest BCUT2D eigenvalue weighted by Crippen LogP contribution is -2.31. The SMILES string of the molecule is CCC[C@H]1/C(=C\Cl)CN2[C@@H]1CC[C@@H]2C. The number of fused-ring (bicyclic) bond motifs is 1. The fraction of sp³-hybridized carbons (Fsp3) is 0.833. The van der Waals surface area contributed by atoms with Gasteiger partial charge in [0, 0.05) is 24.2 Å². The molecule has 2 rings (SSSR count). The maximum absolute atomic E-state index is 5.91. The summed E-state index contributed by atoms with van der Waals surface area (Å²) in [6.45, 7) is 5.74. The third-order valence-electron chi connectivity index (χ3n) is 3.92. The normalized spacial score (nSPS) is 40.8. The predicted molar refractivity (Wildman–Crippen MR) is 61.5 cm³/mol. The molecule has 2 aliphatic rings. The van der Waals surface area contributed by atoms with E-state index in [4.69, 9.17) is 11.6 Å². The molecule has 0 aliphatic carbocycles. The quantitative estimate of drug-likeness (QED) is 0.680. The van der Waals surface area contributed by atoms with E-state index >= 15 is 0 Å². The molecule has 2 saturated heterocycles. The van der Waals surface area contributed by atoms with E-state index in [0.717, 1.165) is 24.5 Å². The van der Waals surface area contributed by atoms with Crippen LogP contribution in [0.4, 0.5) is 0 Å². The fourth-order valence-corrected chi connectivity index (χ4v) is 3.39. The topological polar surface area (TPSA) is 3.24 Å². The van der Waals surface area contributed by atoms with Crippen molar-refractivity contribution in [3.8, 4) is 0 Å². The summed E-state index contributed by atoms with van der Waals surface area (Å²) in [5.41, 5.74) is 3.32. The van der Waals surface area contributed by atoms with Crippen LogP contribution in [0.1, 0.15) is 39.5 Å². The second-order valence-corrected chi connectivity index (χ2v) is 4.96. The molecule has 0 radical (unpaired) electrons. The lowest BCUT2D eigenvalue weighted by molar-refractivity contribution is 0.235. The van der Waals surface area contributed by atoms with Gasteiger partial charge in [0.25, 0.3) is 0 Å². The summed E-state index contributed by atoms with van der Waals surface area (Å²) in [5.74, 6) is 0.752. The fourth-order valence-electron chi connectivity index (χ4n) is 3.16. The predicted octanol–water partition coefficient (Wildman–Crippen LogP) is 3.39. The number of hydrogen-bond donors (Lipinski definition) is 0. The summed E-state index contributed by atoms with van der Waals surface area (Å²) in [4.78, 5) is 2.65. The van der Waals surface area contributed by atoms with Gasteiger partial charge in [0.05, 0.1) is 0 Å². The first-order chi connectivity index (χ1) is 6.77. The molecular weight excluding hydrogens is 194 g/mol. The second-order valence-electron chi connectivity index (χ2n) is 4.75. The summed E-state index contributed by atoms with van der Waals surface area (Å²) >= 11 is 5.91. The molecule has 0 aromatic rings. The standard InChI is InChI=1S/C12H20ClN/c1-3-4-11-10(7-13)8-14-9(2)5-6-12(11)14/h7,9,11-12H,3-6,8H2,1-2H3/b10-7-/t9-,11-,12+/m0/s1. The maximum Gasteiger partial charge on any atom is 0.0214 e. The van der Waals surface area contributed by atoms with E-state index in [1.165, 1.54) is 31.3 Å². The smallest absolute Gasteiger partial charge is 0.0214 e. The van der Waals surface area contributed by atoms with Crippen LogP contribution in [-0.4, -0.2) is 23.5 Å². The molecule has 0 aromatic heterocycles. The van der Waals surface area contributed by atoms with E-state index in [2.05, 4.69) is 18.7 Å². The van der Waals surface area contributed by atoms with E-state index < -0.39 is 0 Å². The summed E-state index contributed by atoms with van der Waals surface area (Å²) in [6, 6.07) is 1.57. The van der Waals surface area contributed by atoms with Crippen LogP contribution >= 0.6 is 11.6 Å². The highest BCUT2D eigenvalue weighted by Gasteiger charge is 2.42. The molecule has 0 N–H and O–H groups in total. The molecule has 0 bridgehead atoms. The minimum atomic E-state index is 0.752. The molecule has 2 heterocycles. The highest BCUT2D eigenvalue weighted by Crippen LogP contribution is 2.41. The first kappa shape index (κ1) is 10.5. The molecule has 0 aromatic carbocycles. The molecule has 1 nitrogen and oxygen atoms in total. The molecule has 0 saturated carbocycles. The number of rotatable bonds is 2. The Morgan fingerprint density at radius 1 is 1.50 bits per heavy atom. The van der Waals surface area contributed by atoms with Crippen LogP contribution in [0.15, 0.2) is 11.1 Å². The minimum absolute atomic E-state index is 0.752. The van der Waals surface area contributed by atoms with Gasteiger partial charge in [-0.05, 0) is 37.7 Å². The number of halogens is 1. The lowest BCUT2D eigenvalue weighted by Gasteiger charge is -2.22. The van der Waals surface area contributed by atoms with E-state index in [9.17, 15) is 0 Å². The second kappa shape index (κ2) is 4.24. The molecule has 3 atom stereocenters. The van der Waals surface area contributed by atoms with Gasteiger partial charge < -0.3 is 0 Å². The monoisotopic (exact) mass is 213 g/mol. The average Bonchev–Trinajstić information content (AvgIpc) is 2.69. The summed E-state index contributed by atoms with van der Waals surface area (Å²) in [6.07, 6.45) is 5.34. The first-order valence-electron chi connectivity index (χ1n) is 5.82. The van der Waals surface area contributed by atoms with Gasteiger partial charge in [0.1, 0.15) is 0 Å². The number of nitrogens with zero attached hydrogens (tertiary/aromatic N) is 1. The van der Waals surface area contributed by atoms with Gasteiger partial charge in [0.15, 0.2) is 0 Å². The van der Waals surface area contributed by atoms with Crippen LogP contribution in [0, 0.1) is 5.92 Å². The Labute approximate surface area is 92.1 Å². The molecule has 0 unspecified atom stereocenters. The van der Waals surface area contributed by atoms with Crippen LogP contribution in [0.25, 0.3) is 0 Å². The maximum atomic E-state index is 5.91. The van der Waals surface area contributed by atoms with E-state index in [-0.39, 0.29) is 0 Å². The van der Waals surface area contributed by atoms with Crippen molar-refractivity contribution in [1.82, 2.24) is 4.90 Å².